The minimum Gasteiger partial charge on any atom is -0.465 e. The standard InChI is InChI=1S/C13H14ClFN2O3S/c1-7-9(6-16)13(8(2)20-7)21(18,19)17-11-5-3-4-10(14)12(11)15/h3-5,17H,6,16H2,1-2H3. The van der Waals surface area contributed by atoms with Crippen LogP contribution in [0.1, 0.15) is 17.1 Å². The number of sulfonamides is 1. The fraction of sp³-hybridized carbons (Fsp3) is 0.231. The molecule has 0 radical (unpaired) electrons. The van der Waals surface area contributed by atoms with Crippen LogP contribution in [-0.4, -0.2) is 8.42 Å². The Kier molecular flexibility index (Phi) is 4.27. The van der Waals surface area contributed by atoms with Crippen molar-refractivity contribution in [2.75, 3.05) is 4.72 Å². The molecule has 1 aromatic carbocycles. The van der Waals surface area contributed by atoms with Crippen LogP contribution in [0.5, 0.6) is 0 Å². The Morgan fingerprint density at radius 3 is 2.62 bits per heavy atom. The number of nitrogens with one attached hydrogen (secondary N) is 1. The Morgan fingerprint density at radius 2 is 2.00 bits per heavy atom. The predicted molar refractivity (Wildman–Crippen MR) is 78.3 cm³/mol. The average Bonchev–Trinajstić information content (AvgIpc) is 2.69. The lowest BCUT2D eigenvalue weighted by Gasteiger charge is -2.10. The summed E-state index contributed by atoms with van der Waals surface area (Å²) in [6.45, 7) is 3.13. The van der Waals surface area contributed by atoms with Crippen molar-refractivity contribution in [2.24, 2.45) is 5.73 Å². The summed E-state index contributed by atoms with van der Waals surface area (Å²) in [6.07, 6.45) is 0. The van der Waals surface area contributed by atoms with Crippen molar-refractivity contribution in [1.29, 1.82) is 0 Å². The Labute approximate surface area is 126 Å². The molecule has 0 aliphatic heterocycles. The lowest BCUT2D eigenvalue weighted by molar-refractivity contribution is 0.494. The maximum absolute atomic E-state index is 13.8. The fourth-order valence-electron chi connectivity index (χ4n) is 2.08. The molecule has 0 spiro atoms. The fourth-order valence-corrected chi connectivity index (χ4v) is 3.77. The molecule has 0 fully saturated rings. The molecule has 5 nitrogen and oxygen atoms in total. The first kappa shape index (κ1) is 15.8. The van der Waals surface area contributed by atoms with E-state index in [-0.39, 0.29) is 27.9 Å². The van der Waals surface area contributed by atoms with E-state index in [2.05, 4.69) is 4.72 Å². The molecule has 1 heterocycles. The zero-order chi connectivity index (χ0) is 15.8. The molecule has 21 heavy (non-hydrogen) atoms. The van der Waals surface area contributed by atoms with E-state index >= 15 is 0 Å². The Morgan fingerprint density at radius 1 is 1.33 bits per heavy atom. The molecule has 8 heteroatoms. The first-order chi connectivity index (χ1) is 9.77. The van der Waals surface area contributed by atoms with Crippen LogP contribution in [0.4, 0.5) is 10.1 Å². The summed E-state index contributed by atoms with van der Waals surface area (Å²) in [5.41, 5.74) is 5.69. The molecular weight excluding hydrogens is 319 g/mol. The second-order valence-electron chi connectivity index (χ2n) is 4.43. The topological polar surface area (TPSA) is 85.3 Å². The smallest absolute Gasteiger partial charge is 0.265 e. The van der Waals surface area contributed by atoms with E-state index in [1.807, 2.05) is 0 Å². The van der Waals surface area contributed by atoms with E-state index in [0.29, 0.717) is 11.3 Å². The van der Waals surface area contributed by atoms with E-state index in [0.717, 1.165) is 0 Å². The lowest BCUT2D eigenvalue weighted by atomic mass is 10.2. The van der Waals surface area contributed by atoms with E-state index < -0.39 is 15.8 Å². The van der Waals surface area contributed by atoms with Crippen LogP contribution in [0.25, 0.3) is 0 Å². The quantitative estimate of drug-likeness (QED) is 0.901. The van der Waals surface area contributed by atoms with Gasteiger partial charge in [0.25, 0.3) is 10.0 Å². The van der Waals surface area contributed by atoms with Crippen molar-refractivity contribution >= 4 is 27.3 Å². The molecule has 3 N–H and O–H groups in total. The van der Waals surface area contributed by atoms with Gasteiger partial charge in [-0.2, -0.15) is 0 Å². The third kappa shape index (κ3) is 2.90. The zero-order valence-corrected chi connectivity index (χ0v) is 13.0. The minimum atomic E-state index is -4.03. The number of halogens is 2. The SMILES string of the molecule is Cc1oc(C)c(S(=O)(=O)Nc2cccc(Cl)c2F)c1CN. The highest BCUT2D eigenvalue weighted by Crippen LogP contribution is 2.30. The van der Waals surface area contributed by atoms with Crippen LogP contribution in [0.15, 0.2) is 27.5 Å². The zero-order valence-electron chi connectivity index (χ0n) is 11.4. The van der Waals surface area contributed by atoms with Gasteiger partial charge < -0.3 is 10.2 Å². The molecule has 114 valence electrons. The number of hydrogen-bond acceptors (Lipinski definition) is 4. The maximum Gasteiger partial charge on any atom is 0.265 e. The van der Waals surface area contributed by atoms with Crippen LogP contribution in [0.3, 0.4) is 0 Å². The number of anilines is 1. The average molecular weight is 333 g/mol. The van der Waals surface area contributed by atoms with Gasteiger partial charge in [0.1, 0.15) is 16.4 Å². The number of furan rings is 1. The van der Waals surface area contributed by atoms with Gasteiger partial charge >= 0.3 is 0 Å². The largest absolute Gasteiger partial charge is 0.465 e. The van der Waals surface area contributed by atoms with Gasteiger partial charge in [0, 0.05) is 12.1 Å². The normalized spacial score (nSPS) is 11.7. The molecular formula is C13H14ClFN2O3S. The van der Waals surface area contributed by atoms with E-state index in [1.54, 1.807) is 6.92 Å². The summed E-state index contributed by atoms with van der Waals surface area (Å²) in [4.78, 5) is -0.0677. The third-order valence-corrected chi connectivity index (χ3v) is 4.85. The van der Waals surface area contributed by atoms with Gasteiger partial charge in [-0.15, -0.1) is 0 Å². The molecule has 0 unspecified atom stereocenters. The summed E-state index contributed by atoms with van der Waals surface area (Å²) in [5, 5.41) is -0.172. The molecule has 0 aliphatic rings. The van der Waals surface area contributed by atoms with Gasteiger partial charge in [-0.25, -0.2) is 12.8 Å². The number of benzene rings is 1. The van der Waals surface area contributed by atoms with Gasteiger partial charge in [0.2, 0.25) is 0 Å². The molecule has 1 aromatic heterocycles. The van der Waals surface area contributed by atoms with Crippen LogP contribution < -0.4 is 10.5 Å². The molecule has 0 atom stereocenters. The first-order valence-electron chi connectivity index (χ1n) is 6.03. The summed E-state index contributed by atoms with van der Waals surface area (Å²) in [7, 11) is -4.03. The van der Waals surface area contributed by atoms with Crippen LogP contribution >= 0.6 is 11.6 Å². The van der Waals surface area contributed by atoms with Gasteiger partial charge in [0.15, 0.2) is 5.82 Å². The summed E-state index contributed by atoms with van der Waals surface area (Å²) < 4.78 is 46.2. The Balaban J connectivity index is 2.51. The molecule has 0 saturated carbocycles. The van der Waals surface area contributed by atoms with E-state index in [9.17, 15) is 12.8 Å². The van der Waals surface area contributed by atoms with Crippen molar-refractivity contribution in [3.63, 3.8) is 0 Å². The van der Waals surface area contributed by atoms with Gasteiger partial charge in [-0.3, -0.25) is 4.72 Å². The van der Waals surface area contributed by atoms with Crippen molar-refractivity contribution in [3.8, 4) is 0 Å². The second kappa shape index (κ2) is 5.67. The Bertz CT molecular complexity index is 787. The molecule has 0 bridgehead atoms. The number of rotatable bonds is 4. The summed E-state index contributed by atoms with van der Waals surface area (Å²) >= 11 is 5.63. The summed E-state index contributed by atoms with van der Waals surface area (Å²) in [5.74, 6) is -0.222. The van der Waals surface area contributed by atoms with E-state index in [1.165, 1.54) is 25.1 Å². The van der Waals surface area contributed by atoms with Crippen molar-refractivity contribution in [2.45, 2.75) is 25.3 Å². The number of nitrogens with two attached hydrogens (primary N) is 1. The van der Waals surface area contributed by atoms with Crippen LogP contribution in [-0.2, 0) is 16.6 Å². The highest BCUT2D eigenvalue weighted by molar-refractivity contribution is 7.92. The molecule has 0 amide bonds. The van der Waals surface area contributed by atoms with Crippen molar-refractivity contribution < 1.29 is 17.2 Å². The van der Waals surface area contributed by atoms with Gasteiger partial charge in [0.05, 0.1) is 10.7 Å². The highest BCUT2D eigenvalue weighted by Gasteiger charge is 2.27. The third-order valence-electron chi connectivity index (χ3n) is 2.99. The molecule has 2 rings (SSSR count). The van der Waals surface area contributed by atoms with Crippen LogP contribution in [0.2, 0.25) is 5.02 Å². The van der Waals surface area contributed by atoms with Crippen LogP contribution in [0, 0.1) is 19.7 Å². The minimum absolute atomic E-state index is 0.00254. The van der Waals surface area contributed by atoms with Gasteiger partial charge in [-0.05, 0) is 26.0 Å². The van der Waals surface area contributed by atoms with Crippen molar-refractivity contribution in [1.82, 2.24) is 0 Å². The second-order valence-corrected chi connectivity index (χ2v) is 6.46. The predicted octanol–water partition coefficient (Wildman–Crippen LogP) is 2.95. The van der Waals surface area contributed by atoms with Crippen molar-refractivity contribution in [3.05, 3.63) is 46.1 Å². The Hall–Kier alpha value is -1.57. The molecule has 2 aromatic rings. The first-order valence-corrected chi connectivity index (χ1v) is 7.89. The van der Waals surface area contributed by atoms with E-state index in [4.69, 9.17) is 21.8 Å². The molecule has 0 aliphatic carbocycles. The monoisotopic (exact) mass is 332 g/mol. The number of aryl methyl sites for hydroxylation is 2. The lowest BCUT2D eigenvalue weighted by Crippen LogP contribution is -2.17. The highest BCUT2D eigenvalue weighted by atomic mass is 35.5. The van der Waals surface area contributed by atoms with Gasteiger partial charge in [-0.1, -0.05) is 17.7 Å². The molecule has 0 saturated heterocycles. The maximum atomic E-state index is 13.8. The number of hydrogen-bond donors (Lipinski definition) is 2. The summed E-state index contributed by atoms with van der Waals surface area (Å²) in [6, 6.07) is 4.05.